The molecule has 23 nitrogen and oxygen atoms in total. The van der Waals surface area contributed by atoms with Gasteiger partial charge in [0.05, 0.1) is 39.3 Å². The molecule has 10 aliphatic rings. The Balaban J connectivity index is 1.32. The first kappa shape index (κ1) is 46.2. The van der Waals surface area contributed by atoms with Crippen molar-refractivity contribution in [2.75, 3.05) is 0 Å². The molecule has 7 heterocycles. The van der Waals surface area contributed by atoms with Gasteiger partial charge in [0.15, 0.2) is 0 Å². The van der Waals surface area contributed by atoms with E-state index >= 15 is 0 Å². The van der Waals surface area contributed by atoms with Crippen molar-refractivity contribution < 1.29 is 80.8 Å². The number of esters is 8. The van der Waals surface area contributed by atoms with Crippen molar-refractivity contribution in [3.63, 3.8) is 0 Å². The number of hydrogen-bond donors (Lipinski definition) is 0. The number of carbonyl (C=O) groups is 8. The summed E-state index contributed by atoms with van der Waals surface area (Å²) in [6.45, 7) is 10.2. The molecule has 5 aliphatic carbocycles. The van der Waals surface area contributed by atoms with Crippen LogP contribution < -0.4 is 11.0 Å². The van der Waals surface area contributed by atoms with Crippen LogP contribution >= 0.6 is 0 Å². The third-order valence-corrected chi connectivity index (χ3v) is 14.8. The Bertz CT molecular complexity index is 3200. The first-order chi connectivity index (χ1) is 34.8. The summed E-state index contributed by atoms with van der Waals surface area (Å²) in [7, 11) is 0. The second-order valence-electron chi connectivity index (χ2n) is 19.5. The average molecular weight is 1000 g/mol. The molecular weight excluding hydrogens is 955 g/mol. The second-order valence-corrected chi connectivity index (χ2v) is 19.5. The molecule has 0 bridgehead atoms. The van der Waals surface area contributed by atoms with Gasteiger partial charge in [-0.05, 0) is 51.4 Å². The van der Waals surface area contributed by atoms with Crippen molar-refractivity contribution in [3.05, 3.63) is 66.8 Å². The number of rotatable bonds is 8. The smallest absolute Gasteiger partial charge is 0.303 e. The van der Waals surface area contributed by atoms with Crippen molar-refractivity contribution in [2.45, 2.75) is 161 Å². The predicted molar refractivity (Wildman–Crippen MR) is 242 cm³/mol. The molecule has 5 aliphatic heterocycles. The van der Waals surface area contributed by atoms with E-state index in [1.54, 1.807) is 0 Å². The second kappa shape index (κ2) is 16.1. The Morgan fingerprint density at radius 2 is 0.767 bits per heavy atom. The van der Waals surface area contributed by atoms with E-state index in [2.05, 4.69) is 0 Å². The number of carbonyl (C=O) groups excluding carboxylic acids is 8. The largest absolute Gasteiger partial charge is 0.458 e. The van der Waals surface area contributed by atoms with Gasteiger partial charge in [-0.15, -0.1) is 0 Å². The van der Waals surface area contributed by atoms with E-state index in [1.807, 2.05) is 13.7 Å². The van der Waals surface area contributed by atoms with Crippen molar-refractivity contribution in [2.24, 2.45) is 20.0 Å². The summed E-state index contributed by atoms with van der Waals surface area (Å²) in [5, 5.41) is 0. The first-order valence-corrected chi connectivity index (χ1v) is 24.3. The van der Waals surface area contributed by atoms with Gasteiger partial charge in [-0.2, -0.15) is 4.58 Å². The number of hydrogen-bond acceptors (Lipinski definition) is 20. The van der Waals surface area contributed by atoms with Gasteiger partial charge in [0.1, 0.15) is 60.1 Å². The first-order valence-electron chi connectivity index (χ1n) is 24.3. The highest BCUT2D eigenvalue weighted by Gasteiger charge is 2.70. The van der Waals surface area contributed by atoms with E-state index in [1.165, 1.54) is 55.4 Å². The topological polar surface area (TPSA) is 273 Å². The van der Waals surface area contributed by atoms with Gasteiger partial charge in [-0.25, -0.2) is 19.1 Å². The Kier molecular flexibility index (Phi) is 10.2. The average Bonchev–Trinajstić information content (AvgIpc) is 4.02. The Morgan fingerprint density at radius 1 is 0.411 bits per heavy atom. The summed E-state index contributed by atoms with van der Waals surface area (Å²) in [6.07, 6.45) is -6.36. The SMILES string of the molecule is CC(=O)OC1CCC(OC(C)=O)C2=C1C1=Nc3c4c(c5n3C36C1=C2N=c1c2c(c(n13)=NC1=[N+]6C(=N5)C3=C1C(OC(C)=O)CCC3OC(C)=O)C(OC(C)=O)CCC2OC(C)=O)C(OC(C)=O)CCC4OC(C)=O. The van der Waals surface area contributed by atoms with E-state index < -0.39 is 102 Å². The molecule has 0 saturated heterocycles. The van der Waals surface area contributed by atoms with Crippen LogP contribution in [0.15, 0.2) is 53.5 Å². The summed E-state index contributed by atoms with van der Waals surface area (Å²) >= 11 is 0. The molecule has 9 atom stereocenters. The summed E-state index contributed by atoms with van der Waals surface area (Å²) < 4.78 is 54.6. The number of amidine groups is 2. The van der Waals surface area contributed by atoms with E-state index in [-0.39, 0.29) is 97.1 Å². The van der Waals surface area contributed by atoms with E-state index in [9.17, 15) is 38.4 Å². The van der Waals surface area contributed by atoms with Gasteiger partial charge in [-0.3, -0.25) is 38.4 Å². The van der Waals surface area contributed by atoms with Crippen molar-refractivity contribution in [1.82, 2.24) is 9.13 Å². The van der Waals surface area contributed by atoms with Crippen LogP contribution in [0.2, 0.25) is 0 Å². The van der Waals surface area contributed by atoms with Crippen LogP contribution in [-0.2, 0) is 82.0 Å². The number of fused-ring (bicyclic) bond motifs is 10. The van der Waals surface area contributed by atoms with Crippen molar-refractivity contribution >= 4 is 76.8 Å². The van der Waals surface area contributed by atoms with Crippen LogP contribution in [0.5, 0.6) is 0 Å². The molecule has 0 amide bonds. The minimum atomic E-state index is -1.90. The van der Waals surface area contributed by atoms with Crippen LogP contribution in [0.1, 0.15) is 153 Å². The fourth-order valence-electron chi connectivity index (χ4n) is 13.0. The lowest BCUT2D eigenvalue weighted by atomic mass is 9.86. The van der Waals surface area contributed by atoms with Gasteiger partial charge in [0.25, 0.3) is 17.5 Å². The van der Waals surface area contributed by atoms with E-state index in [0.29, 0.717) is 50.1 Å². The molecular formula is C50H48N7O16+. The van der Waals surface area contributed by atoms with Gasteiger partial charge >= 0.3 is 47.8 Å². The lowest BCUT2D eigenvalue weighted by molar-refractivity contribution is -0.541. The number of aliphatic imine (C=N–C) groups is 2. The zero-order chi connectivity index (χ0) is 51.4. The van der Waals surface area contributed by atoms with Crippen LogP contribution in [0.25, 0.3) is 0 Å². The minimum Gasteiger partial charge on any atom is -0.458 e. The van der Waals surface area contributed by atoms with Gasteiger partial charge < -0.3 is 37.9 Å². The summed E-state index contributed by atoms with van der Waals surface area (Å²) in [4.78, 5) is 127. The zero-order valence-corrected chi connectivity index (χ0v) is 40.9. The molecule has 378 valence electrons. The van der Waals surface area contributed by atoms with Crippen LogP contribution in [0, 0.1) is 0 Å². The maximum atomic E-state index is 13.1. The van der Waals surface area contributed by atoms with Gasteiger partial charge in [0, 0.05) is 77.7 Å². The monoisotopic (exact) mass is 1000 g/mol. The van der Waals surface area contributed by atoms with Crippen molar-refractivity contribution in [1.29, 1.82) is 0 Å². The van der Waals surface area contributed by atoms with Crippen molar-refractivity contribution in [3.8, 4) is 0 Å². The lowest BCUT2D eigenvalue weighted by Crippen LogP contribution is -2.67. The predicted octanol–water partition coefficient (Wildman–Crippen LogP) is 3.45. The maximum absolute atomic E-state index is 13.1. The molecule has 12 rings (SSSR count). The van der Waals surface area contributed by atoms with E-state index in [4.69, 9.17) is 57.9 Å². The molecule has 0 aromatic carbocycles. The standard InChI is InChI=1S/C50H48N7O16/c1-17(58)66-25-9-10-26(67-18(2)59)34-33(25)42-41-43(34)52-45-36-28(69-20(4)61)12-14-30(71-22(6)63)38(36)47-54-49-40-32(73-24(8)65)16-15-31(72-23(7)64)39(40)48-53-46-37-29(70-21(5)62)13-11-27(68-19(3)60)35(37)44(51-42)55(46)50(41,56(45)47)57(48)49/h25-32H,9-16H2,1-8H3/q+1. The maximum Gasteiger partial charge on any atom is 0.303 e. The number of aromatic nitrogens is 2. The Morgan fingerprint density at radius 3 is 1.22 bits per heavy atom. The highest BCUT2D eigenvalue weighted by molar-refractivity contribution is 6.23. The molecule has 0 N–H and O–H groups in total. The normalized spacial score (nSPS) is 28.8. The number of nitrogens with zero attached hydrogens (tertiary/aromatic N) is 7. The molecule has 1 spiro atoms. The lowest BCUT2D eigenvalue weighted by Gasteiger charge is -2.45. The minimum absolute atomic E-state index is 0.185. The molecule has 23 heteroatoms. The highest BCUT2D eigenvalue weighted by atomic mass is 16.6. The quantitative estimate of drug-likeness (QED) is 0.208. The van der Waals surface area contributed by atoms with E-state index in [0.717, 1.165) is 0 Å². The van der Waals surface area contributed by atoms with Gasteiger partial charge in [0.2, 0.25) is 11.3 Å². The Labute approximate surface area is 413 Å². The Hall–Kier alpha value is -7.85. The third-order valence-electron chi connectivity index (χ3n) is 14.8. The van der Waals surface area contributed by atoms with Crippen LogP contribution in [0.4, 0.5) is 11.6 Å². The van der Waals surface area contributed by atoms with Gasteiger partial charge in [-0.1, -0.05) is 9.98 Å². The molecule has 2 aromatic rings. The molecule has 0 saturated carbocycles. The van der Waals surface area contributed by atoms with Crippen LogP contribution in [-0.4, -0.2) is 103 Å². The molecule has 2 aromatic heterocycles. The zero-order valence-electron chi connectivity index (χ0n) is 40.9. The molecule has 9 unspecified atom stereocenters. The fraction of sp³-hybridized carbons (Fsp3) is 0.500. The summed E-state index contributed by atoms with van der Waals surface area (Å²) in [5.74, 6) is -5.98. The molecule has 73 heavy (non-hydrogen) atoms. The number of ether oxygens (including phenoxy) is 8. The summed E-state index contributed by atoms with van der Waals surface area (Å²) in [5.41, 5.74) is 4.16. The fourth-order valence-corrected chi connectivity index (χ4v) is 13.0. The summed E-state index contributed by atoms with van der Waals surface area (Å²) in [6, 6.07) is 0. The molecule has 0 fully saturated rings. The highest BCUT2D eigenvalue weighted by Crippen LogP contribution is 2.63. The molecule has 0 radical (unpaired) electrons. The van der Waals surface area contributed by atoms with Crippen LogP contribution in [0.3, 0.4) is 0 Å². The third kappa shape index (κ3) is 6.44.